The molecule has 2 rings (SSSR count). The Kier molecular flexibility index (Phi) is 5.57. The van der Waals surface area contributed by atoms with Crippen molar-refractivity contribution in [2.45, 2.75) is 6.54 Å². The van der Waals surface area contributed by atoms with Crippen LogP contribution in [0.3, 0.4) is 0 Å². The summed E-state index contributed by atoms with van der Waals surface area (Å²) in [7, 11) is -1.98. The summed E-state index contributed by atoms with van der Waals surface area (Å²) in [4.78, 5) is 13.5. The number of rotatable bonds is 6. The van der Waals surface area contributed by atoms with Gasteiger partial charge in [0.05, 0.1) is 13.7 Å². The molecule has 0 fully saturated rings. The van der Waals surface area contributed by atoms with Gasteiger partial charge >= 0.3 is 16.5 Å². The average molecular weight is 375 g/mol. The molecule has 1 aromatic heterocycles. The third kappa shape index (κ3) is 5.06. The van der Waals surface area contributed by atoms with Crippen LogP contribution in [0, 0.1) is 0 Å². The number of ether oxygens (including phenoxy) is 1. The zero-order valence-corrected chi connectivity index (χ0v) is 14.4. The normalized spacial score (nSPS) is 11.0. The van der Waals surface area contributed by atoms with Crippen LogP contribution in [0.15, 0.2) is 29.6 Å². The molecule has 1 heterocycles. The Morgan fingerprint density at radius 2 is 2.04 bits per heavy atom. The van der Waals surface area contributed by atoms with Crippen LogP contribution in [0.2, 0.25) is 0 Å². The molecule has 0 aliphatic carbocycles. The molecule has 2 aromatic rings. The molecule has 0 spiro atoms. The first kappa shape index (κ1) is 17.9. The minimum atomic E-state index is -5.07. The number of nitrogens with zero attached hydrogens (tertiary/aromatic N) is 2. The smallest absolute Gasteiger partial charge is 0.480 e. The third-order valence-electron chi connectivity index (χ3n) is 2.85. The topological polar surface area (TPSA) is 97.8 Å². The second-order valence-corrected chi connectivity index (χ2v) is 6.22. The monoisotopic (exact) mass is 375 g/mol. The van der Waals surface area contributed by atoms with E-state index in [-0.39, 0.29) is 5.75 Å². The van der Waals surface area contributed by atoms with Crippen molar-refractivity contribution in [3.63, 3.8) is 0 Å². The highest BCUT2D eigenvalue weighted by Crippen LogP contribution is 2.21. The quantitative estimate of drug-likeness (QED) is 0.779. The molecule has 0 saturated carbocycles. The highest BCUT2D eigenvalue weighted by atomic mass is 32.3. The van der Waals surface area contributed by atoms with Gasteiger partial charge in [0, 0.05) is 23.7 Å². The van der Waals surface area contributed by atoms with Crippen LogP contribution >= 0.6 is 11.5 Å². The third-order valence-corrected chi connectivity index (χ3v) is 3.91. The Bertz CT molecular complexity index is 807. The Labute approximate surface area is 142 Å². The number of aromatic nitrogens is 1. The van der Waals surface area contributed by atoms with E-state index in [9.17, 15) is 17.1 Å². The van der Waals surface area contributed by atoms with Crippen molar-refractivity contribution in [1.82, 2.24) is 9.27 Å². The number of hydrogen-bond acceptors (Lipinski definition) is 7. The van der Waals surface area contributed by atoms with Crippen LogP contribution in [0.4, 0.5) is 14.4 Å². The van der Waals surface area contributed by atoms with E-state index in [1.54, 1.807) is 12.4 Å². The molecule has 0 bridgehead atoms. The first-order chi connectivity index (χ1) is 11.3. The fourth-order valence-corrected chi connectivity index (χ4v) is 2.76. The van der Waals surface area contributed by atoms with Gasteiger partial charge in [-0.25, -0.2) is 4.79 Å². The number of benzene rings is 1. The number of nitrogens with one attached hydrogen (secondary N) is 1. The van der Waals surface area contributed by atoms with E-state index in [0.29, 0.717) is 18.1 Å². The summed E-state index contributed by atoms with van der Waals surface area (Å²) in [5, 5.41) is 4.40. The van der Waals surface area contributed by atoms with Crippen molar-refractivity contribution in [2.75, 3.05) is 19.5 Å². The van der Waals surface area contributed by atoms with Gasteiger partial charge in [0.15, 0.2) is 0 Å². The maximum absolute atomic E-state index is 12.4. The molecule has 11 heteroatoms. The number of methoxy groups -OCH3 is 1. The zero-order valence-electron chi connectivity index (χ0n) is 12.7. The van der Waals surface area contributed by atoms with E-state index in [2.05, 4.69) is 13.9 Å². The van der Waals surface area contributed by atoms with E-state index in [1.807, 2.05) is 0 Å². The van der Waals surface area contributed by atoms with Crippen molar-refractivity contribution in [3.8, 4) is 11.6 Å². The number of carbonyl (C=O) groups excluding carboxylic acids is 1. The lowest BCUT2D eigenvalue weighted by molar-refractivity contribution is 0.220. The fraction of sp³-hybridized carbons (Fsp3) is 0.231. The molecule has 130 valence electrons. The van der Waals surface area contributed by atoms with E-state index in [0.717, 1.165) is 5.56 Å². The largest absolute Gasteiger partial charge is 0.488 e. The van der Waals surface area contributed by atoms with Crippen molar-refractivity contribution in [3.05, 3.63) is 35.2 Å². The number of halogens is 1. The highest BCUT2D eigenvalue weighted by Gasteiger charge is 2.14. The molecular formula is C13H14FN3O5S2. The van der Waals surface area contributed by atoms with Crippen LogP contribution in [0.1, 0.15) is 5.56 Å². The zero-order chi connectivity index (χ0) is 17.7. The molecule has 24 heavy (non-hydrogen) atoms. The average Bonchev–Trinajstić information content (AvgIpc) is 2.95. The summed E-state index contributed by atoms with van der Waals surface area (Å²) in [5.74, 6) is 0.270. The summed E-state index contributed by atoms with van der Waals surface area (Å²) in [6, 6.07) is 4.82. The van der Waals surface area contributed by atoms with E-state index >= 15 is 0 Å². The maximum Gasteiger partial charge on any atom is 0.488 e. The van der Waals surface area contributed by atoms with Gasteiger partial charge in [-0.15, -0.1) is 0 Å². The lowest BCUT2D eigenvalue weighted by Gasteiger charge is -2.17. The van der Waals surface area contributed by atoms with Gasteiger partial charge in [-0.1, -0.05) is 3.89 Å². The molecule has 0 radical (unpaired) electrons. The van der Waals surface area contributed by atoms with Crippen LogP contribution in [0.25, 0.3) is 0 Å². The second kappa shape index (κ2) is 7.45. The minimum Gasteiger partial charge on any atom is -0.480 e. The van der Waals surface area contributed by atoms with Gasteiger partial charge in [0.1, 0.15) is 5.75 Å². The van der Waals surface area contributed by atoms with Crippen LogP contribution in [0.5, 0.6) is 11.6 Å². The molecule has 0 saturated heterocycles. The van der Waals surface area contributed by atoms with Gasteiger partial charge in [-0.2, -0.15) is 12.8 Å². The number of carbonyl (C=O) groups is 1. The van der Waals surface area contributed by atoms with Crippen LogP contribution < -0.4 is 14.2 Å². The molecule has 1 N–H and O–H groups in total. The van der Waals surface area contributed by atoms with Crippen molar-refractivity contribution < 1.29 is 26.0 Å². The predicted molar refractivity (Wildman–Crippen MR) is 86.2 cm³/mol. The summed E-state index contributed by atoms with van der Waals surface area (Å²) in [6.45, 7) is 0.298. The number of amides is 2. The summed E-state index contributed by atoms with van der Waals surface area (Å²) >= 11 is 1.23. The Balaban J connectivity index is 1.96. The van der Waals surface area contributed by atoms with Crippen molar-refractivity contribution in [1.29, 1.82) is 0 Å². The Hall–Kier alpha value is -2.40. The summed E-state index contributed by atoms with van der Waals surface area (Å²) in [5.41, 5.74) is 1.17. The second-order valence-electron chi connectivity index (χ2n) is 4.64. The molecule has 2 amide bonds. The van der Waals surface area contributed by atoms with E-state index < -0.39 is 16.5 Å². The highest BCUT2D eigenvalue weighted by molar-refractivity contribution is 7.81. The standard InChI is InChI=1S/C13H14FN3O5S2/c1-17(7-9-8-23-16-12(9)21-2)13(18)15-10-3-5-11(6-4-10)22-24(14,19)20/h3-6,8H,7H2,1-2H3,(H,15,18). The maximum atomic E-state index is 12.4. The SMILES string of the molecule is COc1nscc1CN(C)C(=O)Nc1ccc(OS(=O)(=O)F)cc1. The van der Waals surface area contributed by atoms with Gasteiger partial charge in [0.25, 0.3) is 0 Å². The Morgan fingerprint density at radius 3 is 2.62 bits per heavy atom. The number of anilines is 1. The number of urea groups is 1. The van der Waals surface area contributed by atoms with Crippen molar-refractivity contribution >= 4 is 33.8 Å². The first-order valence-electron chi connectivity index (χ1n) is 6.52. The molecule has 1 aromatic carbocycles. The first-order valence-corrected chi connectivity index (χ1v) is 8.66. The minimum absolute atomic E-state index is 0.196. The fourth-order valence-electron chi connectivity index (χ4n) is 1.78. The predicted octanol–water partition coefficient (Wildman–Crippen LogP) is 2.41. The van der Waals surface area contributed by atoms with Gasteiger partial charge in [-0.3, -0.25) is 0 Å². The molecule has 8 nitrogen and oxygen atoms in total. The Morgan fingerprint density at radius 1 is 1.38 bits per heavy atom. The molecule has 0 unspecified atom stereocenters. The van der Waals surface area contributed by atoms with Gasteiger partial charge < -0.3 is 19.1 Å². The van der Waals surface area contributed by atoms with Gasteiger partial charge in [0.2, 0.25) is 5.88 Å². The molecule has 0 aliphatic rings. The van der Waals surface area contributed by atoms with E-state index in [4.69, 9.17) is 4.74 Å². The molecule has 0 atom stereocenters. The summed E-state index contributed by atoms with van der Waals surface area (Å²) in [6.07, 6.45) is 0. The van der Waals surface area contributed by atoms with Crippen LogP contribution in [-0.4, -0.2) is 37.9 Å². The van der Waals surface area contributed by atoms with E-state index in [1.165, 1.54) is 47.8 Å². The van der Waals surface area contributed by atoms with Crippen molar-refractivity contribution in [2.24, 2.45) is 0 Å². The molecular weight excluding hydrogens is 361 g/mol. The lowest BCUT2D eigenvalue weighted by Crippen LogP contribution is -2.30. The van der Waals surface area contributed by atoms with Gasteiger partial charge in [-0.05, 0) is 35.8 Å². The molecule has 0 aliphatic heterocycles. The number of hydrogen-bond donors (Lipinski definition) is 1. The van der Waals surface area contributed by atoms with Crippen LogP contribution in [-0.2, 0) is 17.0 Å². The summed E-state index contributed by atoms with van der Waals surface area (Å²) < 4.78 is 46.3. The lowest BCUT2D eigenvalue weighted by atomic mass is 10.3.